The van der Waals surface area contributed by atoms with E-state index in [1.165, 1.54) is 0 Å². The van der Waals surface area contributed by atoms with Gasteiger partial charge in [0.25, 0.3) is 5.91 Å². The van der Waals surface area contributed by atoms with Crippen LogP contribution in [0.1, 0.15) is 10.4 Å². The zero-order valence-corrected chi connectivity index (χ0v) is 14.4. The minimum atomic E-state index is -0.256. The minimum Gasteiger partial charge on any atom is -0.494 e. The Morgan fingerprint density at radius 3 is 2.44 bits per heavy atom. The first-order valence-electron chi connectivity index (χ1n) is 7.66. The maximum atomic E-state index is 12.1. The Bertz CT molecular complexity index is 877. The van der Waals surface area contributed by atoms with Crippen LogP contribution in [0.15, 0.2) is 73.1 Å². The number of rotatable bonds is 4. The van der Waals surface area contributed by atoms with Crippen LogP contribution in [-0.2, 0) is 0 Å². The van der Waals surface area contributed by atoms with Crippen LogP contribution >= 0.6 is 12.2 Å². The van der Waals surface area contributed by atoms with Crippen molar-refractivity contribution in [2.45, 2.75) is 0 Å². The molecule has 0 radical (unpaired) electrons. The third-order valence-corrected chi connectivity index (χ3v) is 3.79. The van der Waals surface area contributed by atoms with Gasteiger partial charge in [-0.1, -0.05) is 18.2 Å². The molecular weight excluding hydrogens is 334 g/mol. The van der Waals surface area contributed by atoms with Crippen molar-refractivity contribution in [1.82, 2.24) is 9.88 Å². The third-order valence-electron chi connectivity index (χ3n) is 3.58. The molecule has 0 bridgehead atoms. The molecule has 3 rings (SSSR count). The fourth-order valence-corrected chi connectivity index (χ4v) is 2.60. The van der Waals surface area contributed by atoms with Crippen molar-refractivity contribution in [3.05, 3.63) is 78.6 Å². The Morgan fingerprint density at radius 1 is 1.04 bits per heavy atom. The number of benzene rings is 2. The van der Waals surface area contributed by atoms with Gasteiger partial charge >= 0.3 is 0 Å². The van der Waals surface area contributed by atoms with Crippen molar-refractivity contribution < 1.29 is 9.53 Å². The fourth-order valence-electron chi connectivity index (χ4n) is 2.39. The van der Waals surface area contributed by atoms with Gasteiger partial charge in [-0.15, -0.1) is 0 Å². The molecule has 126 valence electrons. The summed E-state index contributed by atoms with van der Waals surface area (Å²) in [6.45, 7) is 0. The van der Waals surface area contributed by atoms with Gasteiger partial charge in [-0.3, -0.25) is 10.1 Å². The van der Waals surface area contributed by atoms with Gasteiger partial charge in [-0.25, -0.2) is 0 Å². The Balaban J connectivity index is 1.70. The zero-order valence-electron chi connectivity index (χ0n) is 13.6. The highest BCUT2D eigenvalue weighted by Gasteiger charge is 2.09. The molecule has 5 nitrogen and oxygen atoms in total. The van der Waals surface area contributed by atoms with Crippen molar-refractivity contribution in [3.8, 4) is 11.4 Å². The number of amides is 1. The highest BCUT2D eigenvalue weighted by molar-refractivity contribution is 7.80. The van der Waals surface area contributed by atoms with Gasteiger partial charge in [0.05, 0.1) is 12.8 Å². The highest BCUT2D eigenvalue weighted by atomic mass is 32.1. The molecule has 0 unspecified atom stereocenters. The summed E-state index contributed by atoms with van der Waals surface area (Å²) >= 11 is 5.22. The lowest BCUT2D eigenvalue weighted by atomic mass is 10.2. The van der Waals surface area contributed by atoms with Crippen LogP contribution in [0.4, 0.5) is 5.69 Å². The normalized spacial score (nSPS) is 10.1. The first-order chi connectivity index (χ1) is 12.2. The van der Waals surface area contributed by atoms with E-state index in [0.29, 0.717) is 11.3 Å². The van der Waals surface area contributed by atoms with Crippen molar-refractivity contribution >= 4 is 28.9 Å². The summed E-state index contributed by atoms with van der Waals surface area (Å²) in [5.74, 6) is 0.437. The monoisotopic (exact) mass is 351 g/mol. The SMILES string of the molecule is COc1cc(NC(=S)NC(=O)c2ccccc2)ccc1-n1cccc1. The molecule has 0 saturated heterocycles. The lowest BCUT2D eigenvalue weighted by molar-refractivity contribution is 0.0977. The van der Waals surface area contributed by atoms with Crippen LogP contribution in [0, 0.1) is 0 Å². The van der Waals surface area contributed by atoms with Crippen LogP contribution in [-0.4, -0.2) is 22.7 Å². The number of ether oxygens (including phenoxy) is 1. The van der Waals surface area contributed by atoms with Crippen LogP contribution in [0.5, 0.6) is 5.75 Å². The summed E-state index contributed by atoms with van der Waals surface area (Å²) in [5.41, 5.74) is 2.19. The number of nitrogens with zero attached hydrogens (tertiary/aromatic N) is 1. The Morgan fingerprint density at radius 2 is 1.76 bits per heavy atom. The van der Waals surface area contributed by atoms with E-state index in [1.807, 2.05) is 53.4 Å². The average molecular weight is 351 g/mol. The van der Waals surface area contributed by atoms with E-state index in [2.05, 4.69) is 10.6 Å². The second-order valence-corrected chi connectivity index (χ2v) is 5.66. The van der Waals surface area contributed by atoms with E-state index in [1.54, 1.807) is 31.4 Å². The lowest BCUT2D eigenvalue weighted by Crippen LogP contribution is -2.34. The van der Waals surface area contributed by atoms with E-state index in [4.69, 9.17) is 17.0 Å². The average Bonchev–Trinajstić information content (AvgIpc) is 3.16. The van der Waals surface area contributed by atoms with E-state index in [0.717, 1.165) is 11.4 Å². The van der Waals surface area contributed by atoms with Gasteiger partial charge < -0.3 is 14.6 Å². The fraction of sp³-hybridized carbons (Fsp3) is 0.0526. The second kappa shape index (κ2) is 7.63. The summed E-state index contributed by atoms with van der Waals surface area (Å²) in [6, 6.07) is 18.4. The molecule has 2 aromatic carbocycles. The van der Waals surface area contributed by atoms with Gasteiger partial charge in [0.15, 0.2) is 5.11 Å². The number of nitrogens with one attached hydrogen (secondary N) is 2. The standard InChI is InChI=1S/C19H17N3O2S/c1-24-17-13-15(9-10-16(17)22-11-5-6-12-22)20-19(25)21-18(23)14-7-3-2-4-8-14/h2-13H,1H3,(H2,20,21,23,25). The van der Waals surface area contributed by atoms with E-state index < -0.39 is 0 Å². The molecule has 0 saturated carbocycles. The summed E-state index contributed by atoms with van der Waals surface area (Å²) < 4.78 is 7.41. The van der Waals surface area contributed by atoms with Gasteiger partial charge in [-0.05, 0) is 48.6 Å². The quantitative estimate of drug-likeness (QED) is 0.705. The van der Waals surface area contributed by atoms with Crippen molar-refractivity contribution in [1.29, 1.82) is 0 Å². The Labute approximate surface area is 151 Å². The van der Waals surface area contributed by atoms with E-state index in [9.17, 15) is 4.79 Å². The van der Waals surface area contributed by atoms with E-state index >= 15 is 0 Å². The molecule has 1 amide bonds. The topological polar surface area (TPSA) is 55.3 Å². The molecule has 0 spiro atoms. The second-order valence-electron chi connectivity index (χ2n) is 5.25. The van der Waals surface area contributed by atoms with Gasteiger partial charge in [0, 0.05) is 29.7 Å². The molecule has 0 fully saturated rings. The van der Waals surface area contributed by atoms with Crippen molar-refractivity contribution in [3.63, 3.8) is 0 Å². The number of carbonyl (C=O) groups is 1. The molecule has 25 heavy (non-hydrogen) atoms. The molecule has 1 aromatic heterocycles. The molecule has 0 aliphatic rings. The molecular formula is C19H17N3O2S. The lowest BCUT2D eigenvalue weighted by Gasteiger charge is -2.14. The number of hydrogen-bond donors (Lipinski definition) is 2. The number of methoxy groups -OCH3 is 1. The molecule has 0 atom stereocenters. The Hall–Kier alpha value is -3.12. The number of thiocarbonyl (C=S) groups is 1. The first-order valence-corrected chi connectivity index (χ1v) is 8.07. The van der Waals surface area contributed by atoms with Gasteiger partial charge in [-0.2, -0.15) is 0 Å². The maximum Gasteiger partial charge on any atom is 0.257 e. The zero-order chi connectivity index (χ0) is 17.6. The molecule has 0 aliphatic heterocycles. The summed E-state index contributed by atoms with van der Waals surface area (Å²) in [6.07, 6.45) is 3.88. The van der Waals surface area contributed by atoms with Crippen LogP contribution in [0.3, 0.4) is 0 Å². The number of anilines is 1. The third kappa shape index (κ3) is 4.05. The van der Waals surface area contributed by atoms with Gasteiger partial charge in [0.2, 0.25) is 0 Å². The maximum absolute atomic E-state index is 12.1. The molecule has 6 heteroatoms. The molecule has 1 heterocycles. The molecule has 2 N–H and O–H groups in total. The predicted octanol–water partition coefficient (Wildman–Crippen LogP) is 3.61. The van der Waals surface area contributed by atoms with Crippen LogP contribution in [0.25, 0.3) is 5.69 Å². The summed E-state index contributed by atoms with van der Waals surface area (Å²) in [7, 11) is 1.61. The largest absolute Gasteiger partial charge is 0.494 e. The number of hydrogen-bond acceptors (Lipinski definition) is 3. The highest BCUT2D eigenvalue weighted by Crippen LogP contribution is 2.26. The van der Waals surface area contributed by atoms with Crippen molar-refractivity contribution in [2.75, 3.05) is 12.4 Å². The van der Waals surface area contributed by atoms with E-state index in [-0.39, 0.29) is 11.0 Å². The van der Waals surface area contributed by atoms with Crippen LogP contribution in [0.2, 0.25) is 0 Å². The van der Waals surface area contributed by atoms with Crippen LogP contribution < -0.4 is 15.4 Å². The Kier molecular flexibility index (Phi) is 5.11. The van der Waals surface area contributed by atoms with Crippen molar-refractivity contribution in [2.24, 2.45) is 0 Å². The predicted molar refractivity (Wildman–Crippen MR) is 102 cm³/mol. The number of carbonyl (C=O) groups excluding carboxylic acids is 1. The first kappa shape index (κ1) is 16.7. The molecule has 3 aromatic rings. The summed E-state index contributed by atoms with van der Waals surface area (Å²) in [5, 5.41) is 5.89. The smallest absolute Gasteiger partial charge is 0.257 e. The molecule has 0 aliphatic carbocycles. The van der Waals surface area contributed by atoms with Gasteiger partial charge in [0.1, 0.15) is 5.75 Å². The number of aromatic nitrogens is 1. The minimum absolute atomic E-state index is 0.227. The summed E-state index contributed by atoms with van der Waals surface area (Å²) in [4.78, 5) is 12.1.